The minimum atomic E-state index is -2.72. The van der Waals surface area contributed by atoms with Crippen molar-refractivity contribution in [3.63, 3.8) is 0 Å². The van der Waals surface area contributed by atoms with Crippen molar-refractivity contribution in [2.75, 3.05) is 13.2 Å². The molecule has 214 valence electrons. The molecule has 4 rings (SSSR count). The van der Waals surface area contributed by atoms with E-state index >= 15 is 0 Å². The highest BCUT2D eigenvalue weighted by Gasteiger charge is 2.55. The first-order valence-electron chi connectivity index (χ1n) is 15.3. The van der Waals surface area contributed by atoms with Crippen molar-refractivity contribution < 1.29 is 13.9 Å². The largest absolute Gasteiger partial charge is 0.404 e. The van der Waals surface area contributed by atoms with Gasteiger partial charge in [0.2, 0.25) is 7.83 Å². The monoisotopic (exact) mass is 572 g/mol. The van der Waals surface area contributed by atoms with Gasteiger partial charge in [0.15, 0.2) is 6.29 Å². The second-order valence-corrected chi connectivity index (χ2v) is 23.9. The maximum Gasteiger partial charge on any atom is 0.246 e. The Hall–Kier alpha value is -2.29. The number of hydrogen-bond acceptors (Lipinski definition) is 3. The highest BCUT2D eigenvalue weighted by molar-refractivity contribution is 7.52. The fourth-order valence-electron chi connectivity index (χ4n) is 5.91. The molecule has 0 spiro atoms. The Morgan fingerprint density at radius 3 is 1.98 bits per heavy atom. The Labute approximate surface area is 244 Å². The van der Waals surface area contributed by atoms with Crippen LogP contribution in [0.5, 0.6) is 0 Å². The van der Waals surface area contributed by atoms with E-state index in [0.717, 1.165) is 38.7 Å². The van der Waals surface area contributed by atoms with Crippen LogP contribution in [0.15, 0.2) is 103 Å². The summed E-state index contributed by atoms with van der Waals surface area (Å²) in [5.41, 5.74) is 0. The summed E-state index contributed by atoms with van der Waals surface area (Å²) in [5.74, 6) is 0. The van der Waals surface area contributed by atoms with E-state index < -0.39 is 15.4 Å². The molecule has 1 fully saturated rings. The Balaban J connectivity index is 1.71. The molecule has 5 heteroatoms. The summed E-state index contributed by atoms with van der Waals surface area (Å²) in [6.07, 6.45) is 13.4. The second-order valence-electron chi connectivity index (χ2n) is 11.4. The molecule has 3 aromatic carbocycles. The normalized spacial score (nSPS) is 17.2. The predicted molar refractivity (Wildman–Crippen MR) is 174 cm³/mol. The lowest BCUT2D eigenvalue weighted by Gasteiger charge is -2.46. The molecular weight excluding hydrogens is 525 g/mol. The second kappa shape index (κ2) is 15.6. The minimum Gasteiger partial charge on any atom is -0.404 e. The van der Waals surface area contributed by atoms with E-state index in [9.17, 15) is 0 Å². The molecule has 2 unspecified atom stereocenters. The van der Waals surface area contributed by atoms with Gasteiger partial charge in [0, 0.05) is 13.2 Å². The molecule has 0 aliphatic carbocycles. The summed E-state index contributed by atoms with van der Waals surface area (Å²) in [7, 11) is -4.92. The lowest BCUT2D eigenvalue weighted by Crippen LogP contribution is -2.80. The van der Waals surface area contributed by atoms with Crippen LogP contribution < -0.4 is 15.6 Å². The van der Waals surface area contributed by atoms with Crippen molar-refractivity contribution in [3.05, 3.63) is 103 Å². The van der Waals surface area contributed by atoms with Crippen molar-refractivity contribution in [1.29, 1.82) is 0 Å². The Bertz CT molecular complexity index is 1090. The summed E-state index contributed by atoms with van der Waals surface area (Å²) < 4.78 is 19.7. The highest BCUT2D eigenvalue weighted by Crippen LogP contribution is 2.26. The van der Waals surface area contributed by atoms with Crippen molar-refractivity contribution >= 4 is 31.0 Å². The SMILES string of the molecule is CCCC/C=C/C(CCCOC1CCCCO1)O[Si](c1ccccc1)(c1ccccc1)[Si](C)(C)c1ccccc1. The molecular formula is C35H48O3Si2. The van der Waals surface area contributed by atoms with Crippen LogP contribution in [0.2, 0.25) is 13.1 Å². The number of ether oxygens (including phenoxy) is 2. The summed E-state index contributed by atoms with van der Waals surface area (Å²) in [6.45, 7) is 8.82. The van der Waals surface area contributed by atoms with E-state index in [4.69, 9.17) is 13.9 Å². The molecule has 2 atom stereocenters. The first kappa shape index (κ1) is 30.7. The maximum absolute atomic E-state index is 7.73. The number of rotatable bonds is 15. The van der Waals surface area contributed by atoms with Gasteiger partial charge < -0.3 is 13.9 Å². The molecule has 0 saturated carbocycles. The molecule has 3 aromatic rings. The van der Waals surface area contributed by atoms with Crippen LogP contribution in [0.25, 0.3) is 0 Å². The van der Waals surface area contributed by atoms with Gasteiger partial charge in [-0.05, 0) is 48.9 Å². The standard InChI is InChI=1S/C35H48O3Si2/c1-4-5-6-10-20-31(21-19-30-37-35-28-17-18-29-36-35)38-40(33-24-13-8-14-25-33,34-26-15-9-16-27-34)39(2,3)32-22-11-7-12-23-32/h7-16,20,22-27,31,35H,4-6,17-19,21,28-30H2,1-3H3/b20-10+. The Morgan fingerprint density at radius 2 is 1.43 bits per heavy atom. The van der Waals surface area contributed by atoms with Crippen LogP contribution in [0.4, 0.5) is 0 Å². The third kappa shape index (κ3) is 7.71. The van der Waals surface area contributed by atoms with Gasteiger partial charge in [-0.2, -0.15) is 0 Å². The van der Waals surface area contributed by atoms with E-state index in [-0.39, 0.29) is 12.4 Å². The maximum atomic E-state index is 7.73. The van der Waals surface area contributed by atoms with Gasteiger partial charge in [-0.25, -0.2) is 0 Å². The Kier molecular flexibility index (Phi) is 12.0. The number of allylic oxidation sites excluding steroid dienone is 1. The Morgan fingerprint density at radius 1 is 0.825 bits per heavy atom. The van der Waals surface area contributed by atoms with Crippen LogP contribution in [0, 0.1) is 0 Å². The summed E-state index contributed by atoms with van der Waals surface area (Å²) in [4.78, 5) is 0. The van der Waals surface area contributed by atoms with Gasteiger partial charge in [-0.3, -0.25) is 0 Å². The summed E-state index contributed by atoms with van der Waals surface area (Å²) in [6, 6.07) is 33.4. The molecule has 0 radical (unpaired) electrons. The zero-order chi connectivity index (χ0) is 28.1. The quantitative estimate of drug-likeness (QED) is 0.113. The molecule has 0 bridgehead atoms. The molecule has 1 aliphatic heterocycles. The number of unbranched alkanes of at least 4 members (excludes halogenated alkanes) is 2. The third-order valence-corrected chi connectivity index (χ3v) is 22.9. The van der Waals surface area contributed by atoms with Gasteiger partial charge in [0.1, 0.15) is 7.59 Å². The molecule has 0 N–H and O–H groups in total. The average molecular weight is 573 g/mol. The van der Waals surface area contributed by atoms with Crippen LogP contribution in [0.3, 0.4) is 0 Å². The fraction of sp³-hybridized carbons (Fsp3) is 0.429. The van der Waals surface area contributed by atoms with E-state index in [1.807, 2.05) is 0 Å². The van der Waals surface area contributed by atoms with Gasteiger partial charge in [0.25, 0.3) is 0 Å². The van der Waals surface area contributed by atoms with Gasteiger partial charge >= 0.3 is 0 Å². The lowest BCUT2D eigenvalue weighted by atomic mass is 10.1. The number of benzene rings is 3. The zero-order valence-corrected chi connectivity index (χ0v) is 26.8. The zero-order valence-electron chi connectivity index (χ0n) is 24.8. The molecule has 1 heterocycles. The van der Waals surface area contributed by atoms with E-state index in [2.05, 4.69) is 123 Å². The first-order valence-corrected chi connectivity index (χ1v) is 21.2. The van der Waals surface area contributed by atoms with Gasteiger partial charge in [-0.1, -0.05) is 141 Å². The highest BCUT2D eigenvalue weighted by atomic mass is 29.3. The van der Waals surface area contributed by atoms with Crippen molar-refractivity contribution in [2.24, 2.45) is 0 Å². The van der Waals surface area contributed by atoms with E-state index in [0.29, 0.717) is 6.61 Å². The van der Waals surface area contributed by atoms with Crippen molar-refractivity contribution in [2.45, 2.75) is 83.8 Å². The average Bonchev–Trinajstić information content (AvgIpc) is 3.01. The molecule has 40 heavy (non-hydrogen) atoms. The van der Waals surface area contributed by atoms with Crippen LogP contribution in [-0.4, -0.2) is 41.0 Å². The molecule has 1 saturated heterocycles. The predicted octanol–water partition coefficient (Wildman–Crippen LogP) is 6.90. The molecule has 1 aliphatic rings. The molecule has 0 aromatic heterocycles. The van der Waals surface area contributed by atoms with E-state index in [1.165, 1.54) is 34.8 Å². The fourth-order valence-corrected chi connectivity index (χ4v) is 20.0. The van der Waals surface area contributed by atoms with Crippen LogP contribution in [0.1, 0.15) is 58.3 Å². The molecule has 3 nitrogen and oxygen atoms in total. The van der Waals surface area contributed by atoms with Gasteiger partial charge in [0.05, 0.1) is 6.10 Å². The van der Waals surface area contributed by atoms with Crippen LogP contribution >= 0.6 is 0 Å². The van der Waals surface area contributed by atoms with Crippen molar-refractivity contribution in [1.82, 2.24) is 0 Å². The number of hydrogen-bond donors (Lipinski definition) is 0. The summed E-state index contributed by atoms with van der Waals surface area (Å²) >= 11 is 0. The van der Waals surface area contributed by atoms with Gasteiger partial charge in [-0.15, -0.1) is 0 Å². The lowest BCUT2D eigenvalue weighted by molar-refractivity contribution is -0.163. The first-order chi connectivity index (χ1) is 19.6. The van der Waals surface area contributed by atoms with Crippen molar-refractivity contribution in [3.8, 4) is 0 Å². The summed E-state index contributed by atoms with van der Waals surface area (Å²) in [5, 5.41) is 4.17. The topological polar surface area (TPSA) is 27.7 Å². The van der Waals surface area contributed by atoms with E-state index in [1.54, 1.807) is 0 Å². The van der Waals surface area contributed by atoms with Crippen LogP contribution in [-0.2, 0) is 13.9 Å². The molecule has 0 amide bonds. The third-order valence-electron chi connectivity index (χ3n) is 8.21. The minimum absolute atomic E-state index is 0.0234. The smallest absolute Gasteiger partial charge is 0.246 e.